The number of anilines is 1. The van der Waals surface area contributed by atoms with Crippen molar-refractivity contribution < 1.29 is 0 Å². The third-order valence-electron chi connectivity index (χ3n) is 11.1. The molecule has 5 atom stereocenters. The van der Waals surface area contributed by atoms with Crippen LogP contribution in [0.3, 0.4) is 0 Å². The number of nitriles is 1. The van der Waals surface area contributed by atoms with E-state index in [1.54, 1.807) is 0 Å². The van der Waals surface area contributed by atoms with Gasteiger partial charge in [-0.25, -0.2) is 0 Å². The molecule has 0 saturated heterocycles. The summed E-state index contributed by atoms with van der Waals surface area (Å²) in [5.41, 5.74) is 9.37. The summed E-state index contributed by atoms with van der Waals surface area (Å²) in [6.45, 7) is 2.21. The number of hydrogen-bond donors (Lipinski definition) is 0. The van der Waals surface area contributed by atoms with Crippen molar-refractivity contribution in [2.75, 3.05) is 4.90 Å². The zero-order chi connectivity index (χ0) is 31.9. The van der Waals surface area contributed by atoms with Gasteiger partial charge in [0.2, 0.25) is 0 Å². The Kier molecular flexibility index (Phi) is 6.45. The van der Waals surface area contributed by atoms with Crippen LogP contribution in [0.4, 0.5) is 5.69 Å². The average molecular weight is 655 g/mol. The summed E-state index contributed by atoms with van der Waals surface area (Å²) in [6, 6.07) is 34.6. The molecule has 0 fully saturated rings. The number of para-hydroxylation sites is 1. The number of rotatable bonds is 3. The molecule has 0 amide bonds. The van der Waals surface area contributed by atoms with E-state index in [4.69, 9.17) is 0 Å². The monoisotopic (exact) mass is 654 g/mol. The van der Waals surface area contributed by atoms with Gasteiger partial charge in [-0.2, -0.15) is 5.26 Å². The van der Waals surface area contributed by atoms with Gasteiger partial charge in [0.25, 0.3) is 0 Å². The number of hydrogen-bond acceptors (Lipinski definition) is 4. The number of nitrogens with zero attached hydrogens (tertiary/aromatic N) is 2. The highest BCUT2D eigenvalue weighted by Gasteiger charge is 2.42. The zero-order valence-corrected chi connectivity index (χ0v) is 28.4. The van der Waals surface area contributed by atoms with Crippen LogP contribution in [0, 0.1) is 29.1 Å². The van der Waals surface area contributed by atoms with Crippen molar-refractivity contribution in [1.29, 1.82) is 5.26 Å². The highest BCUT2D eigenvalue weighted by Crippen LogP contribution is 2.51. The van der Waals surface area contributed by atoms with Crippen molar-refractivity contribution in [3.8, 4) is 17.2 Å². The lowest BCUT2D eigenvalue weighted by Gasteiger charge is -2.39. The largest absolute Gasteiger partial charge is 0.337 e. The molecule has 2 aromatic heterocycles. The van der Waals surface area contributed by atoms with Gasteiger partial charge in [0.1, 0.15) is 0 Å². The summed E-state index contributed by atoms with van der Waals surface area (Å²) < 4.78 is 4.09. The SMILES string of the molecule is CC1C=C(C2C=Cc3sc4cc5sc6ccc(-c7ccccc7)cc6c5cc4c3C2)C(N2c3ccccc3C3C=CCC[C@H]32)=CC1C#N. The Morgan fingerprint density at radius 2 is 1.62 bits per heavy atom. The van der Waals surface area contributed by atoms with E-state index < -0.39 is 0 Å². The van der Waals surface area contributed by atoms with E-state index >= 15 is 0 Å². The van der Waals surface area contributed by atoms with Gasteiger partial charge in [-0.1, -0.05) is 85.8 Å². The van der Waals surface area contributed by atoms with E-state index in [1.165, 1.54) is 74.3 Å². The predicted molar refractivity (Wildman–Crippen MR) is 205 cm³/mol. The maximum absolute atomic E-state index is 10.2. The fourth-order valence-electron chi connectivity index (χ4n) is 8.77. The van der Waals surface area contributed by atoms with Gasteiger partial charge >= 0.3 is 0 Å². The van der Waals surface area contributed by atoms with Crippen molar-refractivity contribution >= 4 is 64.7 Å². The molecular formula is C44H34N2S2. The van der Waals surface area contributed by atoms with Gasteiger partial charge < -0.3 is 4.90 Å². The Bertz CT molecular complexity index is 2450. The Hall–Kier alpha value is -4.69. The molecule has 0 spiro atoms. The van der Waals surface area contributed by atoms with Crippen LogP contribution in [0.25, 0.3) is 47.5 Å². The van der Waals surface area contributed by atoms with Crippen LogP contribution < -0.4 is 4.90 Å². The van der Waals surface area contributed by atoms with Gasteiger partial charge in [-0.15, -0.1) is 22.7 Å². The van der Waals surface area contributed by atoms with Gasteiger partial charge in [0, 0.05) is 59.0 Å². The molecule has 2 nitrogen and oxygen atoms in total. The third-order valence-corrected chi connectivity index (χ3v) is 13.4. The van der Waals surface area contributed by atoms with E-state index in [0.29, 0.717) is 12.0 Å². The number of benzene rings is 4. The summed E-state index contributed by atoms with van der Waals surface area (Å²) in [5.74, 6) is 0.712. The molecule has 0 bridgehead atoms. The number of thiophene rings is 2. The Balaban J connectivity index is 1.07. The summed E-state index contributed by atoms with van der Waals surface area (Å²) in [4.78, 5) is 4.01. The van der Waals surface area contributed by atoms with Crippen molar-refractivity contribution in [3.05, 3.63) is 143 Å². The summed E-state index contributed by atoms with van der Waals surface area (Å²) in [5, 5.41) is 14.3. The normalized spacial score (nSPS) is 24.3. The standard InChI is InChI=1S/C44H34N2S2/c1-26-19-33(40(22-30(26)25-45)46-38-13-7-5-11-31(38)32-12-6-8-14-39(32)46)29-16-18-42-35(21-29)37-23-36-34-20-28(27-9-3-2-4-10-27)15-17-41(34)47-43(36)24-44(37)48-42/h2-7,9-13,15-20,22-24,26,29-30,32,39H,8,14,21H2,1H3/t26?,29?,30?,32?,39-/m1/s1. The van der Waals surface area contributed by atoms with E-state index in [-0.39, 0.29) is 17.8 Å². The first-order chi connectivity index (χ1) is 23.6. The van der Waals surface area contributed by atoms with Crippen LogP contribution in [0.1, 0.15) is 41.7 Å². The molecular weight excluding hydrogens is 621 g/mol. The second-order valence-corrected chi connectivity index (χ2v) is 16.0. The molecule has 4 unspecified atom stereocenters. The van der Waals surface area contributed by atoms with Gasteiger partial charge in [-0.3, -0.25) is 0 Å². The van der Waals surface area contributed by atoms with Crippen LogP contribution in [-0.4, -0.2) is 6.04 Å². The molecule has 4 heteroatoms. The zero-order valence-electron chi connectivity index (χ0n) is 26.8. The van der Waals surface area contributed by atoms with E-state index in [2.05, 4.69) is 139 Å². The molecule has 10 rings (SSSR count). The summed E-state index contributed by atoms with van der Waals surface area (Å²) >= 11 is 3.84. The van der Waals surface area contributed by atoms with Crippen LogP contribution in [-0.2, 0) is 6.42 Å². The maximum atomic E-state index is 10.2. The highest BCUT2D eigenvalue weighted by atomic mass is 32.1. The van der Waals surface area contributed by atoms with Gasteiger partial charge in [0.15, 0.2) is 0 Å². The molecule has 4 aromatic carbocycles. The van der Waals surface area contributed by atoms with Crippen LogP contribution in [0.2, 0.25) is 0 Å². The number of allylic oxidation sites excluding steroid dienone is 5. The molecule has 0 N–H and O–H groups in total. The van der Waals surface area contributed by atoms with Crippen LogP contribution >= 0.6 is 22.7 Å². The second-order valence-electron chi connectivity index (χ2n) is 13.9. The van der Waals surface area contributed by atoms with Crippen molar-refractivity contribution in [3.63, 3.8) is 0 Å². The summed E-state index contributed by atoms with van der Waals surface area (Å²) in [7, 11) is 0. The quantitative estimate of drug-likeness (QED) is 0.178. The van der Waals surface area contributed by atoms with E-state index in [1.807, 2.05) is 22.7 Å². The van der Waals surface area contributed by atoms with Crippen molar-refractivity contribution in [1.82, 2.24) is 0 Å². The molecule has 0 saturated carbocycles. The van der Waals surface area contributed by atoms with E-state index in [9.17, 15) is 5.26 Å². The molecule has 6 aromatic rings. The number of fused-ring (bicyclic) bond motifs is 9. The lowest BCUT2D eigenvalue weighted by molar-refractivity contribution is 0.533. The molecule has 48 heavy (non-hydrogen) atoms. The lowest BCUT2D eigenvalue weighted by atomic mass is 9.77. The van der Waals surface area contributed by atoms with E-state index in [0.717, 1.165) is 19.3 Å². The average Bonchev–Trinajstić information content (AvgIpc) is 3.79. The van der Waals surface area contributed by atoms with Crippen LogP contribution in [0.15, 0.2) is 127 Å². The van der Waals surface area contributed by atoms with Gasteiger partial charge in [-0.05, 0) is 101 Å². The first-order valence-electron chi connectivity index (χ1n) is 17.2. The highest BCUT2D eigenvalue weighted by molar-refractivity contribution is 7.26. The first-order valence-corrected chi connectivity index (χ1v) is 18.8. The Morgan fingerprint density at radius 3 is 2.52 bits per heavy atom. The summed E-state index contributed by atoms with van der Waals surface area (Å²) in [6.07, 6.45) is 17.6. The lowest BCUT2D eigenvalue weighted by Crippen LogP contribution is -2.37. The Labute approximate surface area is 289 Å². The molecule has 232 valence electrons. The fraction of sp³-hybridized carbons (Fsp3) is 0.205. The minimum Gasteiger partial charge on any atom is -0.337 e. The fourth-order valence-corrected chi connectivity index (χ4v) is 11.1. The molecule has 3 heterocycles. The molecule has 4 aliphatic rings. The Morgan fingerprint density at radius 1 is 0.792 bits per heavy atom. The van der Waals surface area contributed by atoms with Crippen molar-refractivity contribution in [2.45, 2.75) is 38.1 Å². The third kappa shape index (κ3) is 4.27. The predicted octanol–water partition coefficient (Wildman–Crippen LogP) is 12.0. The van der Waals surface area contributed by atoms with Crippen LogP contribution in [0.5, 0.6) is 0 Å². The topological polar surface area (TPSA) is 27.0 Å². The smallest absolute Gasteiger partial charge is 0.0726 e. The molecule has 0 radical (unpaired) electrons. The maximum Gasteiger partial charge on any atom is 0.0726 e. The van der Waals surface area contributed by atoms with Gasteiger partial charge in [0.05, 0.1) is 12.0 Å². The minimum atomic E-state index is -0.125. The molecule has 3 aliphatic carbocycles. The molecule has 1 aliphatic heterocycles. The first kappa shape index (κ1) is 28.3. The minimum absolute atomic E-state index is 0.125. The second kappa shape index (κ2) is 10.9. The van der Waals surface area contributed by atoms with Crippen molar-refractivity contribution in [2.24, 2.45) is 17.8 Å².